The fourth-order valence-corrected chi connectivity index (χ4v) is 16.6. The number of hydrogen-bond donors (Lipinski definition) is 14. The standard InChI is InChI=1S/C56H88O25/c1-23-9-14-56(51(71)81-49-43(70)39(66)37(64)30(77-49)22-75-46-42(69)38(65)36(63)29(18-57)76-46)16-15-54(5)24(25(56)17-23)7-8-32-53(4)12-11-33(52(2,3)31(53)10-13-55(32,54)6)78-50-45(80-48-41(68)35(62)27(59)20-73-48)44(28(60)21-74-50)79-47-40(67)34(61)26(58)19-72-47/h7,25-50,57-70H,1,8-22H2,2-6H3/t25-,26-,27-,28-,29+,30+,31-,32+,33-,34-,35-,36+,37+,38-,39-,40+,41+,42+,43+,44-,45+,46+,47-,48-,49-,50-,53-,54+,55+,56-/m0/s1. The molecule has 9 fully saturated rings. The second-order valence-corrected chi connectivity index (χ2v) is 26.4. The van der Waals surface area contributed by atoms with E-state index in [2.05, 4.69) is 47.3 Å². The van der Waals surface area contributed by atoms with Crippen LogP contribution in [0.4, 0.5) is 0 Å². The maximum absolute atomic E-state index is 15.0. The molecule has 0 radical (unpaired) electrons. The summed E-state index contributed by atoms with van der Waals surface area (Å²) in [5.41, 5.74) is -0.268. The maximum Gasteiger partial charge on any atom is 0.315 e. The highest BCUT2D eigenvalue weighted by atomic mass is 16.8. The van der Waals surface area contributed by atoms with Gasteiger partial charge in [0, 0.05) is 5.92 Å². The van der Waals surface area contributed by atoms with Crippen molar-refractivity contribution < 1.29 is 124 Å². The number of rotatable bonds is 12. The van der Waals surface area contributed by atoms with Crippen LogP contribution in [0.25, 0.3) is 0 Å². The Morgan fingerprint density at radius 3 is 1.80 bits per heavy atom. The molecule has 0 unspecified atom stereocenters. The van der Waals surface area contributed by atoms with E-state index in [0.29, 0.717) is 38.5 Å². The number of carbonyl (C=O) groups excluding carboxylic acids is 1. The van der Waals surface area contributed by atoms with Crippen LogP contribution in [-0.2, 0) is 52.2 Å². The van der Waals surface area contributed by atoms with Gasteiger partial charge in [-0.25, -0.2) is 0 Å². The summed E-state index contributed by atoms with van der Waals surface area (Å²) in [4.78, 5) is 15.0. The largest absolute Gasteiger partial charge is 0.432 e. The van der Waals surface area contributed by atoms with Crippen LogP contribution in [0, 0.1) is 44.8 Å². The molecule has 0 aromatic heterocycles. The quantitative estimate of drug-likeness (QED) is 0.0535. The molecule has 10 rings (SSSR count). The van der Waals surface area contributed by atoms with E-state index < -0.39 is 171 Å². The molecule has 462 valence electrons. The lowest BCUT2D eigenvalue weighted by Gasteiger charge is -2.71. The summed E-state index contributed by atoms with van der Waals surface area (Å²) in [6, 6.07) is 0. The summed E-state index contributed by atoms with van der Waals surface area (Å²) in [6.07, 6.45) is -26.6. The van der Waals surface area contributed by atoms with Crippen LogP contribution in [0.1, 0.15) is 98.8 Å². The van der Waals surface area contributed by atoms with Crippen LogP contribution in [-0.4, -0.2) is 252 Å². The normalized spacial score (nSPS) is 53.7. The second kappa shape index (κ2) is 23.3. The van der Waals surface area contributed by atoms with E-state index in [1.165, 1.54) is 5.57 Å². The molecule has 5 aliphatic heterocycles. The predicted octanol–water partition coefficient (Wildman–Crippen LogP) is -2.76. The third-order valence-corrected chi connectivity index (χ3v) is 21.8. The van der Waals surface area contributed by atoms with Crippen LogP contribution in [0.15, 0.2) is 23.8 Å². The van der Waals surface area contributed by atoms with Gasteiger partial charge in [0.25, 0.3) is 0 Å². The molecule has 0 amide bonds. The average molecular weight is 1160 g/mol. The first kappa shape index (κ1) is 62.1. The SMILES string of the molecule is C=C1CC[C@]2(C(=O)O[C@@H]3O[C@H](CO[C@@H]4O[C@H](CO)[C@@H](O)[C@H](O)[C@H]4O)[C@@H](O)[C@H](O)[C@H]3O)CC[C@]3(C)C(=CC[C@@H]4[C@@]5(C)CC[C@H](O[C@@H]6OC[C@H](O)[C@H](O[C@@H]7OC[C@H](O)[C@H](O)[C@H]7O)[C@H]6O[C@@H]6OC[C@H](O)[C@H](O)[C@H]6O)C(C)(C)[C@@H]5CC[C@]43C)[C@@H]2C1. The molecule has 0 spiro atoms. The molecule has 5 saturated heterocycles. The Hall–Kier alpha value is -1.97. The number of hydrogen-bond acceptors (Lipinski definition) is 25. The zero-order valence-corrected chi connectivity index (χ0v) is 46.7. The van der Waals surface area contributed by atoms with E-state index in [-0.39, 0.29) is 53.8 Å². The van der Waals surface area contributed by atoms with Crippen molar-refractivity contribution in [2.45, 2.75) is 240 Å². The Morgan fingerprint density at radius 2 is 1.16 bits per heavy atom. The topological polar surface area (TPSA) is 393 Å². The minimum absolute atomic E-state index is 0.106. The van der Waals surface area contributed by atoms with Gasteiger partial charge in [-0.2, -0.15) is 0 Å². The number of carbonyl (C=O) groups is 1. The maximum atomic E-state index is 15.0. The molecule has 0 bridgehead atoms. The molecule has 5 heterocycles. The molecule has 10 aliphatic rings. The van der Waals surface area contributed by atoms with E-state index in [1.54, 1.807) is 0 Å². The van der Waals surface area contributed by atoms with Crippen molar-refractivity contribution >= 4 is 5.97 Å². The van der Waals surface area contributed by atoms with Gasteiger partial charge in [0.1, 0.15) is 104 Å². The number of aliphatic hydroxyl groups is 14. The first-order chi connectivity index (χ1) is 38.1. The first-order valence-corrected chi connectivity index (χ1v) is 28.9. The lowest BCUT2D eigenvalue weighted by Crippen LogP contribution is -2.66. The number of fused-ring (bicyclic) bond motifs is 7. The molecule has 4 saturated carbocycles. The predicted molar refractivity (Wildman–Crippen MR) is 273 cm³/mol. The summed E-state index contributed by atoms with van der Waals surface area (Å²) in [6.45, 7) is 13.5. The van der Waals surface area contributed by atoms with E-state index >= 15 is 4.79 Å². The molecule has 30 atom stereocenters. The number of aliphatic hydroxyl groups excluding tert-OH is 14. The highest BCUT2D eigenvalue weighted by molar-refractivity contribution is 5.79. The third kappa shape index (κ3) is 10.5. The third-order valence-electron chi connectivity index (χ3n) is 21.8. The van der Waals surface area contributed by atoms with E-state index in [1.807, 2.05) is 0 Å². The van der Waals surface area contributed by atoms with Gasteiger partial charge in [0.15, 0.2) is 25.2 Å². The van der Waals surface area contributed by atoms with Gasteiger partial charge in [-0.1, -0.05) is 58.4 Å². The average Bonchev–Trinajstić information content (AvgIpc) is 3.59. The molecule has 25 nitrogen and oxygen atoms in total. The fourth-order valence-electron chi connectivity index (χ4n) is 16.6. The van der Waals surface area contributed by atoms with Gasteiger partial charge in [-0.05, 0) is 97.7 Å². The minimum atomic E-state index is -1.85. The van der Waals surface area contributed by atoms with Crippen LogP contribution >= 0.6 is 0 Å². The second-order valence-electron chi connectivity index (χ2n) is 26.4. The summed E-state index contributed by atoms with van der Waals surface area (Å²) in [7, 11) is 0. The van der Waals surface area contributed by atoms with Crippen LogP contribution in [0.3, 0.4) is 0 Å². The van der Waals surface area contributed by atoms with Crippen molar-refractivity contribution in [2.24, 2.45) is 44.8 Å². The fraction of sp³-hybridized carbons (Fsp3) is 0.911. The minimum Gasteiger partial charge on any atom is -0.432 e. The monoisotopic (exact) mass is 1160 g/mol. The molecular formula is C56H88O25. The van der Waals surface area contributed by atoms with Crippen molar-refractivity contribution in [3.63, 3.8) is 0 Å². The highest BCUT2D eigenvalue weighted by Crippen LogP contribution is 2.75. The summed E-state index contributed by atoms with van der Waals surface area (Å²) < 4.78 is 59.9. The number of esters is 1. The van der Waals surface area contributed by atoms with Crippen molar-refractivity contribution in [3.8, 4) is 0 Å². The molecule has 0 aromatic carbocycles. The molecule has 0 aromatic rings. The van der Waals surface area contributed by atoms with Gasteiger partial charge in [-0.3, -0.25) is 4.79 Å². The molecule has 14 N–H and O–H groups in total. The van der Waals surface area contributed by atoms with E-state index in [4.69, 9.17) is 47.4 Å². The first-order valence-electron chi connectivity index (χ1n) is 28.9. The lowest BCUT2D eigenvalue weighted by molar-refractivity contribution is -0.378. The summed E-state index contributed by atoms with van der Waals surface area (Å²) in [5.74, 6) is -0.645. The molecule has 81 heavy (non-hydrogen) atoms. The number of ether oxygens (including phenoxy) is 10. The molecule has 25 heteroatoms. The van der Waals surface area contributed by atoms with Gasteiger partial charge < -0.3 is 119 Å². The Kier molecular flexibility index (Phi) is 17.8. The van der Waals surface area contributed by atoms with Crippen molar-refractivity contribution in [1.29, 1.82) is 0 Å². The van der Waals surface area contributed by atoms with E-state index in [9.17, 15) is 71.5 Å². The molecular weight excluding hydrogens is 1070 g/mol. The zero-order valence-electron chi connectivity index (χ0n) is 46.7. The lowest BCUT2D eigenvalue weighted by atomic mass is 9.34. The van der Waals surface area contributed by atoms with Gasteiger partial charge in [0.05, 0.1) is 44.6 Å². The Labute approximate surface area is 470 Å². The number of allylic oxidation sites excluding steroid dienone is 3. The molecule has 5 aliphatic carbocycles. The van der Waals surface area contributed by atoms with Crippen molar-refractivity contribution in [1.82, 2.24) is 0 Å². The van der Waals surface area contributed by atoms with Gasteiger partial charge >= 0.3 is 5.97 Å². The Morgan fingerprint density at radius 1 is 0.593 bits per heavy atom. The summed E-state index contributed by atoms with van der Waals surface area (Å²) in [5, 5.41) is 149. The smallest absolute Gasteiger partial charge is 0.315 e. The Balaban J connectivity index is 0.859. The van der Waals surface area contributed by atoms with E-state index in [0.717, 1.165) is 31.3 Å². The Bertz CT molecular complexity index is 2270. The van der Waals surface area contributed by atoms with Crippen molar-refractivity contribution in [2.75, 3.05) is 33.0 Å². The van der Waals surface area contributed by atoms with Gasteiger partial charge in [-0.15, -0.1) is 0 Å². The zero-order chi connectivity index (χ0) is 58.6. The highest BCUT2D eigenvalue weighted by Gasteiger charge is 2.70. The van der Waals surface area contributed by atoms with Crippen LogP contribution < -0.4 is 0 Å². The summed E-state index contributed by atoms with van der Waals surface area (Å²) >= 11 is 0. The van der Waals surface area contributed by atoms with Gasteiger partial charge in [0.2, 0.25) is 6.29 Å². The van der Waals surface area contributed by atoms with Crippen LogP contribution in [0.5, 0.6) is 0 Å². The van der Waals surface area contributed by atoms with Crippen LogP contribution in [0.2, 0.25) is 0 Å². The van der Waals surface area contributed by atoms with Crippen molar-refractivity contribution in [3.05, 3.63) is 23.8 Å².